The molecule has 0 heterocycles. The zero-order chi connectivity index (χ0) is 21.7. The Hall–Kier alpha value is -3.10. The lowest BCUT2D eigenvalue weighted by atomic mass is 10.0. The van der Waals surface area contributed by atoms with Crippen molar-refractivity contribution in [3.8, 4) is 0 Å². The smallest absolute Gasteiger partial charge is 0.258 e. The van der Waals surface area contributed by atoms with Gasteiger partial charge in [0.15, 0.2) is 0 Å². The fraction of sp³-hybridized carbons (Fsp3) is 0. The summed E-state index contributed by atoms with van der Waals surface area (Å²) in [6.07, 6.45) is 6.61. The Morgan fingerprint density at radius 1 is 0.600 bits per heavy atom. The van der Waals surface area contributed by atoms with Gasteiger partial charge in [0, 0.05) is 8.95 Å². The molecule has 3 rings (SSSR count). The molecule has 0 spiro atoms. The first-order chi connectivity index (χ1) is 14.4. The zero-order valence-electron chi connectivity index (χ0n) is 15.4. The fourth-order valence-corrected chi connectivity index (χ4v) is 3.61. The van der Waals surface area contributed by atoms with Crippen LogP contribution in [0.1, 0.15) is 22.3 Å². The molecule has 0 aromatic heterocycles. The highest BCUT2D eigenvalue weighted by molar-refractivity contribution is 9.10. The van der Waals surface area contributed by atoms with Crippen LogP contribution in [0.3, 0.4) is 0 Å². The Morgan fingerprint density at radius 2 is 0.967 bits per heavy atom. The van der Waals surface area contributed by atoms with E-state index >= 15 is 0 Å². The second-order valence-corrected chi connectivity index (χ2v) is 7.90. The second kappa shape index (κ2) is 9.60. The van der Waals surface area contributed by atoms with Crippen LogP contribution in [0.4, 0.5) is 11.4 Å². The minimum atomic E-state index is -0.617. The van der Waals surface area contributed by atoms with E-state index in [2.05, 4.69) is 31.9 Å². The standard InChI is InChI=1S/C22H14Br2N2O4/c23-19-7-3-1-5-15(19)9-11-17-13-18(12-10-16-6-2-4-8-20(16)24)22(26(29)30)14-21(17)25(27)28/h1-14H. The number of nitrogens with zero attached hydrogens (tertiary/aromatic N) is 2. The Bertz CT molecular complexity index is 1100. The van der Waals surface area contributed by atoms with Gasteiger partial charge in [0.1, 0.15) is 0 Å². The largest absolute Gasteiger partial charge is 0.283 e. The number of hydrogen-bond acceptors (Lipinski definition) is 4. The summed E-state index contributed by atoms with van der Waals surface area (Å²) in [7, 11) is 0. The molecule has 3 aromatic carbocycles. The molecule has 3 aromatic rings. The van der Waals surface area contributed by atoms with Crippen molar-refractivity contribution in [2.75, 3.05) is 0 Å². The van der Waals surface area contributed by atoms with E-state index in [4.69, 9.17) is 0 Å². The average molecular weight is 530 g/mol. The summed E-state index contributed by atoms with van der Waals surface area (Å²) in [5.41, 5.74) is 1.54. The van der Waals surface area contributed by atoms with Crippen molar-refractivity contribution in [2.24, 2.45) is 0 Å². The highest BCUT2D eigenvalue weighted by Gasteiger charge is 2.22. The van der Waals surface area contributed by atoms with Crippen LogP contribution in [0.5, 0.6) is 0 Å². The summed E-state index contributed by atoms with van der Waals surface area (Å²) >= 11 is 6.86. The van der Waals surface area contributed by atoms with Crippen molar-refractivity contribution >= 4 is 67.5 Å². The van der Waals surface area contributed by atoms with Crippen LogP contribution in [-0.4, -0.2) is 9.85 Å². The molecule has 150 valence electrons. The number of benzene rings is 3. The predicted molar refractivity (Wildman–Crippen MR) is 126 cm³/mol. The summed E-state index contributed by atoms with van der Waals surface area (Å²) in [4.78, 5) is 21.8. The first-order valence-corrected chi connectivity index (χ1v) is 10.3. The molecule has 0 amide bonds. The van der Waals surface area contributed by atoms with Gasteiger partial charge in [-0.3, -0.25) is 20.2 Å². The molecule has 8 heteroatoms. The molecule has 0 N–H and O–H groups in total. The molecular weight excluding hydrogens is 516 g/mol. The molecule has 0 unspecified atom stereocenters. The highest BCUT2D eigenvalue weighted by Crippen LogP contribution is 2.32. The molecule has 0 bridgehead atoms. The van der Waals surface area contributed by atoms with Gasteiger partial charge in [-0.05, 0) is 41.5 Å². The molecule has 0 aliphatic heterocycles. The first kappa shape index (κ1) is 21.6. The molecule has 6 nitrogen and oxygen atoms in total. The van der Waals surface area contributed by atoms with Gasteiger partial charge in [-0.2, -0.15) is 0 Å². The van der Waals surface area contributed by atoms with Crippen LogP contribution in [-0.2, 0) is 0 Å². The minimum Gasteiger partial charge on any atom is -0.258 e. The molecular formula is C22H14Br2N2O4. The number of halogens is 2. The van der Waals surface area contributed by atoms with Gasteiger partial charge >= 0.3 is 0 Å². The van der Waals surface area contributed by atoms with Crippen LogP contribution in [0, 0.1) is 20.2 Å². The first-order valence-electron chi connectivity index (χ1n) is 8.69. The van der Waals surface area contributed by atoms with Crippen LogP contribution < -0.4 is 0 Å². The van der Waals surface area contributed by atoms with Crippen LogP contribution in [0.25, 0.3) is 24.3 Å². The molecule has 0 saturated carbocycles. The Morgan fingerprint density at radius 3 is 1.33 bits per heavy atom. The average Bonchev–Trinajstić information content (AvgIpc) is 2.72. The van der Waals surface area contributed by atoms with Gasteiger partial charge in [-0.1, -0.05) is 80.4 Å². The van der Waals surface area contributed by atoms with Gasteiger partial charge < -0.3 is 0 Å². The van der Waals surface area contributed by atoms with Gasteiger partial charge in [0.25, 0.3) is 11.4 Å². The lowest BCUT2D eigenvalue weighted by Gasteiger charge is -2.04. The van der Waals surface area contributed by atoms with Gasteiger partial charge in [0.05, 0.1) is 27.0 Å². The maximum absolute atomic E-state index is 11.5. The van der Waals surface area contributed by atoms with E-state index in [1.165, 1.54) is 6.07 Å². The van der Waals surface area contributed by atoms with Crippen molar-refractivity contribution < 1.29 is 9.85 Å². The molecule has 0 aliphatic carbocycles. The Labute approximate surface area is 189 Å². The quantitative estimate of drug-likeness (QED) is 0.189. The van der Waals surface area contributed by atoms with Crippen molar-refractivity contribution in [1.82, 2.24) is 0 Å². The van der Waals surface area contributed by atoms with E-state index < -0.39 is 9.85 Å². The summed E-state index contributed by atoms with van der Waals surface area (Å²) in [5.74, 6) is 0. The SMILES string of the molecule is O=[N+]([O-])c1cc([N+](=O)[O-])c(C=Cc2ccccc2Br)cc1C=Cc1ccccc1Br. The molecule has 30 heavy (non-hydrogen) atoms. The maximum atomic E-state index is 11.5. The third-order valence-corrected chi connectivity index (χ3v) is 5.71. The monoisotopic (exact) mass is 528 g/mol. The predicted octanol–water partition coefficient (Wildman–Crippen LogP) is 7.37. The number of rotatable bonds is 6. The van der Waals surface area contributed by atoms with Crippen LogP contribution >= 0.6 is 31.9 Å². The van der Waals surface area contributed by atoms with Gasteiger partial charge in [0.2, 0.25) is 0 Å². The van der Waals surface area contributed by atoms with E-state index in [9.17, 15) is 20.2 Å². The van der Waals surface area contributed by atoms with Crippen molar-refractivity contribution in [1.29, 1.82) is 0 Å². The number of hydrogen-bond donors (Lipinski definition) is 0. The van der Waals surface area contributed by atoms with E-state index in [0.717, 1.165) is 26.1 Å². The van der Waals surface area contributed by atoms with Crippen molar-refractivity contribution in [2.45, 2.75) is 0 Å². The van der Waals surface area contributed by atoms with Crippen LogP contribution in [0.2, 0.25) is 0 Å². The van der Waals surface area contributed by atoms with Gasteiger partial charge in [-0.15, -0.1) is 0 Å². The Kier molecular flexibility index (Phi) is 6.91. The van der Waals surface area contributed by atoms with E-state index in [1.807, 2.05) is 48.5 Å². The van der Waals surface area contributed by atoms with Gasteiger partial charge in [-0.25, -0.2) is 0 Å². The lowest BCUT2D eigenvalue weighted by molar-refractivity contribution is -0.394. The normalized spacial score (nSPS) is 11.3. The summed E-state index contributed by atoms with van der Waals surface area (Å²) in [6.45, 7) is 0. The maximum Gasteiger partial charge on any atom is 0.283 e. The molecule has 0 atom stereocenters. The third-order valence-electron chi connectivity index (χ3n) is 4.26. The summed E-state index contributed by atoms with van der Waals surface area (Å²) in [6, 6.07) is 17.3. The lowest BCUT2D eigenvalue weighted by Crippen LogP contribution is -1.98. The molecule has 0 fully saturated rings. The Balaban J connectivity index is 2.11. The van der Waals surface area contributed by atoms with E-state index in [-0.39, 0.29) is 22.5 Å². The number of nitro benzene ring substituents is 2. The van der Waals surface area contributed by atoms with Crippen LogP contribution in [0.15, 0.2) is 69.6 Å². The van der Waals surface area contributed by atoms with Crippen molar-refractivity contribution in [3.63, 3.8) is 0 Å². The zero-order valence-corrected chi connectivity index (χ0v) is 18.5. The molecule has 0 aliphatic rings. The highest BCUT2D eigenvalue weighted by atomic mass is 79.9. The third kappa shape index (κ3) is 5.08. The topological polar surface area (TPSA) is 86.3 Å². The minimum absolute atomic E-state index is 0.271. The summed E-state index contributed by atoms with van der Waals surface area (Å²) in [5, 5.41) is 23.1. The molecule has 0 radical (unpaired) electrons. The molecule has 0 saturated heterocycles. The van der Waals surface area contributed by atoms with E-state index in [0.29, 0.717) is 0 Å². The number of nitro groups is 2. The summed E-state index contributed by atoms with van der Waals surface area (Å²) < 4.78 is 1.67. The van der Waals surface area contributed by atoms with E-state index in [1.54, 1.807) is 24.3 Å². The van der Waals surface area contributed by atoms with Crippen molar-refractivity contribution in [3.05, 3.63) is 112 Å². The fourth-order valence-electron chi connectivity index (χ4n) is 2.77. The second-order valence-electron chi connectivity index (χ2n) is 6.19.